The zero-order valence-electron chi connectivity index (χ0n) is 13.2. The van der Waals surface area contributed by atoms with E-state index in [0.717, 1.165) is 24.7 Å². The molecule has 1 saturated carbocycles. The summed E-state index contributed by atoms with van der Waals surface area (Å²) in [5.74, 6) is 1.97. The minimum atomic E-state index is 0.416. The molecule has 1 aromatic rings. The van der Waals surface area contributed by atoms with Crippen LogP contribution in [0.5, 0.6) is 5.75 Å². The summed E-state index contributed by atoms with van der Waals surface area (Å²) in [5.41, 5.74) is 1.35. The molecule has 0 heterocycles. The highest BCUT2D eigenvalue weighted by Crippen LogP contribution is 2.34. The van der Waals surface area contributed by atoms with Crippen LogP contribution in [0.15, 0.2) is 24.3 Å². The van der Waals surface area contributed by atoms with Gasteiger partial charge >= 0.3 is 0 Å². The van der Waals surface area contributed by atoms with Gasteiger partial charge < -0.3 is 10.1 Å². The molecule has 2 rings (SSSR count). The van der Waals surface area contributed by atoms with Crippen LogP contribution in [0, 0.1) is 5.92 Å². The molecular weight excluding hydrogens is 246 g/mol. The molecule has 1 aliphatic rings. The van der Waals surface area contributed by atoms with Crippen LogP contribution < -0.4 is 10.1 Å². The van der Waals surface area contributed by atoms with Crippen LogP contribution in [0.4, 0.5) is 0 Å². The monoisotopic (exact) mass is 275 g/mol. The van der Waals surface area contributed by atoms with Gasteiger partial charge in [0.15, 0.2) is 0 Å². The van der Waals surface area contributed by atoms with E-state index in [9.17, 15) is 0 Å². The molecule has 1 fully saturated rings. The van der Waals surface area contributed by atoms with Gasteiger partial charge in [0.2, 0.25) is 0 Å². The minimum absolute atomic E-state index is 0.416. The topological polar surface area (TPSA) is 21.3 Å². The molecule has 2 heteroatoms. The summed E-state index contributed by atoms with van der Waals surface area (Å²) in [7, 11) is 0. The number of hydrogen-bond acceptors (Lipinski definition) is 2. The summed E-state index contributed by atoms with van der Waals surface area (Å²) in [6, 6.07) is 9.63. The van der Waals surface area contributed by atoms with Gasteiger partial charge in [0.25, 0.3) is 0 Å². The number of nitrogens with one attached hydrogen (secondary N) is 1. The second kappa shape index (κ2) is 7.68. The van der Waals surface area contributed by atoms with E-state index in [1.807, 2.05) is 0 Å². The summed E-state index contributed by atoms with van der Waals surface area (Å²) < 4.78 is 5.63. The van der Waals surface area contributed by atoms with Crippen LogP contribution in [0.2, 0.25) is 0 Å². The van der Waals surface area contributed by atoms with Gasteiger partial charge in [-0.25, -0.2) is 0 Å². The number of hydrogen-bond donors (Lipinski definition) is 1. The molecule has 0 saturated heterocycles. The van der Waals surface area contributed by atoms with Crippen LogP contribution in [0.3, 0.4) is 0 Å². The maximum absolute atomic E-state index is 5.63. The van der Waals surface area contributed by atoms with Gasteiger partial charge in [-0.05, 0) is 49.8 Å². The number of benzene rings is 1. The molecule has 0 bridgehead atoms. The van der Waals surface area contributed by atoms with E-state index in [1.165, 1.54) is 31.2 Å². The Balaban J connectivity index is 1.85. The molecule has 0 amide bonds. The van der Waals surface area contributed by atoms with E-state index < -0.39 is 0 Å². The lowest BCUT2D eigenvalue weighted by atomic mass is 10.0. The van der Waals surface area contributed by atoms with Gasteiger partial charge in [0, 0.05) is 12.1 Å². The van der Waals surface area contributed by atoms with Gasteiger partial charge in [0.1, 0.15) is 5.75 Å². The fourth-order valence-corrected chi connectivity index (χ4v) is 2.63. The first kappa shape index (κ1) is 15.4. The van der Waals surface area contributed by atoms with Crippen LogP contribution in [0.1, 0.15) is 64.5 Å². The number of ether oxygens (including phenoxy) is 1. The van der Waals surface area contributed by atoms with E-state index in [-0.39, 0.29) is 0 Å². The average molecular weight is 275 g/mol. The Morgan fingerprint density at radius 2 is 1.90 bits per heavy atom. The highest BCUT2D eigenvalue weighted by molar-refractivity contribution is 5.29. The van der Waals surface area contributed by atoms with Gasteiger partial charge in [-0.1, -0.05) is 38.8 Å². The van der Waals surface area contributed by atoms with Crippen molar-refractivity contribution in [3.63, 3.8) is 0 Å². The molecule has 2 atom stereocenters. The summed E-state index contributed by atoms with van der Waals surface area (Å²) >= 11 is 0. The molecular formula is C18H29NO. The molecule has 1 N–H and O–H groups in total. The Morgan fingerprint density at radius 1 is 1.20 bits per heavy atom. The molecule has 1 aliphatic carbocycles. The van der Waals surface area contributed by atoms with E-state index in [4.69, 9.17) is 4.74 Å². The maximum atomic E-state index is 5.63. The Morgan fingerprint density at radius 3 is 2.45 bits per heavy atom. The molecule has 2 unspecified atom stereocenters. The first-order valence-electron chi connectivity index (χ1n) is 8.21. The van der Waals surface area contributed by atoms with E-state index in [2.05, 4.69) is 50.4 Å². The van der Waals surface area contributed by atoms with Crippen molar-refractivity contribution in [3.05, 3.63) is 29.8 Å². The van der Waals surface area contributed by atoms with Crippen molar-refractivity contribution in [1.29, 1.82) is 0 Å². The van der Waals surface area contributed by atoms with E-state index >= 15 is 0 Å². The first-order chi connectivity index (χ1) is 9.72. The lowest BCUT2D eigenvalue weighted by molar-refractivity contribution is 0.317. The molecule has 1 aromatic carbocycles. The van der Waals surface area contributed by atoms with Gasteiger partial charge in [-0.3, -0.25) is 0 Å². The van der Waals surface area contributed by atoms with Crippen molar-refractivity contribution < 1.29 is 4.74 Å². The van der Waals surface area contributed by atoms with E-state index in [0.29, 0.717) is 12.1 Å². The lowest BCUT2D eigenvalue weighted by Crippen LogP contribution is -2.31. The smallest absolute Gasteiger partial charge is 0.119 e. The van der Waals surface area contributed by atoms with Crippen molar-refractivity contribution in [2.75, 3.05) is 6.61 Å². The van der Waals surface area contributed by atoms with Crippen molar-refractivity contribution in [1.82, 2.24) is 5.32 Å². The van der Waals surface area contributed by atoms with Crippen LogP contribution >= 0.6 is 0 Å². The summed E-state index contributed by atoms with van der Waals surface area (Å²) in [6.07, 6.45) is 6.50. The minimum Gasteiger partial charge on any atom is -0.494 e. The zero-order chi connectivity index (χ0) is 14.4. The third kappa shape index (κ3) is 4.82. The van der Waals surface area contributed by atoms with Gasteiger partial charge in [-0.15, -0.1) is 0 Å². The largest absolute Gasteiger partial charge is 0.494 e. The highest BCUT2D eigenvalue weighted by Gasteiger charge is 2.25. The van der Waals surface area contributed by atoms with Crippen molar-refractivity contribution >= 4 is 0 Å². The lowest BCUT2D eigenvalue weighted by Gasteiger charge is -2.23. The molecule has 0 aromatic heterocycles. The average Bonchev–Trinajstić information content (AvgIpc) is 3.28. The fourth-order valence-electron chi connectivity index (χ4n) is 2.63. The molecule has 2 nitrogen and oxygen atoms in total. The fraction of sp³-hybridized carbons (Fsp3) is 0.667. The van der Waals surface area contributed by atoms with Crippen molar-refractivity contribution in [2.45, 2.75) is 65.0 Å². The van der Waals surface area contributed by atoms with Crippen molar-refractivity contribution in [2.24, 2.45) is 5.92 Å². The summed E-state index contributed by atoms with van der Waals surface area (Å²) in [5, 5.41) is 3.78. The Kier molecular flexibility index (Phi) is 5.90. The zero-order valence-corrected chi connectivity index (χ0v) is 13.2. The molecule has 20 heavy (non-hydrogen) atoms. The van der Waals surface area contributed by atoms with E-state index in [1.54, 1.807) is 0 Å². The molecule has 0 radical (unpaired) electrons. The predicted octanol–water partition coefficient (Wildman–Crippen LogP) is 4.70. The Hall–Kier alpha value is -1.02. The molecule has 112 valence electrons. The molecule has 0 aliphatic heterocycles. The third-order valence-corrected chi connectivity index (χ3v) is 4.15. The second-order valence-corrected chi connectivity index (χ2v) is 6.09. The predicted molar refractivity (Wildman–Crippen MR) is 85.2 cm³/mol. The molecule has 0 spiro atoms. The highest BCUT2D eigenvalue weighted by atomic mass is 16.5. The quantitative estimate of drug-likeness (QED) is 0.705. The normalized spacial score (nSPS) is 17.8. The first-order valence-corrected chi connectivity index (χ1v) is 8.21. The van der Waals surface area contributed by atoms with Crippen LogP contribution in [-0.2, 0) is 0 Å². The number of rotatable bonds is 9. The third-order valence-electron chi connectivity index (χ3n) is 4.15. The second-order valence-electron chi connectivity index (χ2n) is 6.09. The SMILES string of the molecule is CCCOc1ccc(C(C)NC(CC)CC2CC2)cc1. The van der Waals surface area contributed by atoms with Gasteiger partial charge in [0.05, 0.1) is 6.61 Å². The summed E-state index contributed by atoms with van der Waals surface area (Å²) in [4.78, 5) is 0. The standard InChI is InChI=1S/C18H29NO/c1-4-12-20-18-10-8-16(9-11-18)14(3)19-17(5-2)13-15-6-7-15/h8-11,14-15,17,19H,4-7,12-13H2,1-3H3. The maximum Gasteiger partial charge on any atom is 0.119 e. The Bertz CT molecular complexity index is 383. The van der Waals surface area contributed by atoms with Crippen LogP contribution in [0.25, 0.3) is 0 Å². The van der Waals surface area contributed by atoms with Gasteiger partial charge in [-0.2, -0.15) is 0 Å². The van der Waals surface area contributed by atoms with Crippen LogP contribution in [-0.4, -0.2) is 12.6 Å². The van der Waals surface area contributed by atoms with Crippen molar-refractivity contribution in [3.8, 4) is 5.75 Å². The Labute approximate surface area is 123 Å². The summed E-state index contributed by atoms with van der Waals surface area (Å²) in [6.45, 7) is 7.48.